The standard InChI is InChI=1S/C16H27N3O/c1-4-8-15(17)16(20)19(12-11-18(2)3)13-14-9-6-5-7-10-14/h5-7,9-10,15H,4,8,11-13,17H2,1-3H3/t15-/m0/s1. The predicted molar refractivity (Wildman–Crippen MR) is 83.3 cm³/mol. The minimum absolute atomic E-state index is 0.0533. The number of amides is 1. The molecular weight excluding hydrogens is 250 g/mol. The molecule has 1 atom stereocenters. The van der Waals surface area contributed by atoms with Crippen LogP contribution in [-0.4, -0.2) is 48.9 Å². The summed E-state index contributed by atoms with van der Waals surface area (Å²) in [6.07, 6.45) is 1.67. The fraction of sp³-hybridized carbons (Fsp3) is 0.562. The highest BCUT2D eigenvalue weighted by atomic mass is 16.2. The van der Waals surface area contributed by atoms with E-state index < -0.39 is 0 Å². The summed E-state index contributed by atoms with van der Waals surface area (Å²) in [5, 5.41) is 0. The second-order valence-electron chi connectivity index (χ2n) is 5.44. The lowest BCUT2D eigenvalue weighted by Crippen LogP contribution is -2.45. The van der Waals surface area contributed by atoms with Gasteiger partial charge in [-0.2, -0.15) is 0 Å². The Kier molecular flexibility index (Phi) is 7.26. The van der Waals surface area contributed by atoms with Crippen LogP contribution in [0.2, 0.25) is 0 Å². The summed E-state index contributed by atoms with van der Waals surface area (Å²) in [5.41, 5.74) is 7.13. The quantitative estimate of drug-likeness (QED) is 0.787. The van der Waals surface area contributed by atoms with Gasteiger partial charge in [-0.3, -0.25) is 4.79 Å². The second kappa shape index (κ2) is 8.72. The van der Waals surface area contributed by atoms with Crippen molar-refractivity contribution in [2.75, 3.05) is 27.2 Å². The first-order chi connectivity index (χ1) is 9.54. The maximum absolute atomic E-state index is 12.4. The van der Waals surface area contributed by atoms with Crippen LogP contribution in [0.15, 0.2) is 30.3 Å². The normalized spacial score (nSPS) is 12.4. The lowest BCUT2D eigenvalue weighted by Gasteiger charge is -2.27. The van der Waals surface area contributed by atoms with Gasteiger partial charge in [0.15, 0.2) is 0 Å². The minimum atomic E-state index is -0.383. The highest BCUT2D eigenvalue weighted by Gasteiger charge is 2.20. The molecule has 1 aromatic carbocycles. The second-order valence-corrected chi connectivity index (χ2v) is 5.44. The number of likely N-dealkylation sites (N-methyl/N-ethyl adjacent to an activating group) is 1. The zero-order chi connectivity index (χ0) is 15.0. The van der Waals surface area contributed by atoms with E-state index in [1.165, 1.54) is 0 Å². The van der Waals surface area contributed by atoms with Crippen LogP contribution < -0.4 is 5.73 Å². The number of carbonyl (C=O) groups excluding carboxylic acids is 1. The van der Waals surface area contributed by atoms with Gasteiger partial charge in [0.05, 0.1) is 6.04 Å². The smallest absolute Gasteiger partial charge is 0.239 e. The molecule has 1 rings (SSSR count). The fourth-order valence-electron chi connectivity index (χ4n) is 2.06. The Hall–Kier alpha value is -1.39. The van der Waals surface area contributed by atoms with Crippen LogP contribution in [0, 0.1) is 0 Å². The molecule has 0 aliphatic heterocycles. The van der Waals surface area contributed by atoms with E-state index in [1.54, 1.807) is 0 Å². The molecule has 0 saturated carbocycles. The molecular formula is C16H27N3O. The number of benzene rings is 1. The summed E-state index contributed by atoms with van der Waals surface area (Å²) >= 11 is 0. The number of hydrogen-bond donors (Lipinski definition) is 1. The Morgan fingerprint density at radius 1 is 1.20 bits per heavy atom. The van der Waals surface area contributed by atoms with Crippen LogP contribution in [0.3, 0.4) is 0 Å². The molecule has 0 aromatic heterocycles. The molecule has 1 amide bonds. The van der Waals surface area contributed by atoms with Crippen molar-refractivity contribution < 1.29 is 4.79 Å². The largest absolute Gasteiger partial charge is 0.336 e. The van der Waals surface area contributed by atoms with Crippen LogP contribution in [0.1, 0.15) is 25.3 Å². The maximum atomic E-state index is 12.4. The van der Waals surface area contributed by atoms with Crippen molar-refractivity contribution in [2.45, 2.75) is 32.4 Å². The van der Waals surface area contributed by atoms with Gasteiger partial charge in [0.2, 0.25) is 5.91 Å². The van der Waals surface area contributed by atoms with E-state index in [1.807, 2.05) is 49.3 Å². The predicted octanol–water partition coefficient (Wildman–Crippen LogP) is 1.70. The van der Waals surface area contributed by atoms with Crippen molar-refractivity contribution in [1.29, 1.82) is 0 Å². The summed E-state index contributed by atoms with van der Waals surface area (Å²) < 4.78 is 0. The fourth-order valence-corrected chi connectivity index (χ4v) is 2.06. The van der Waals surface area contributed by atoms with Crippen LogP contribution in [0.4, 0.5) is 0 Å². The summed E-state index contributed by atoms with van der Waals surface area (Å²) in [4.78, 5) is 16.4. The van der Waals surface area contributed by atoms with Crippen molar-refractivity contribution >= 4 is 5.91 Å². The summed E-state index contributed by atoms with van der Waals surface area (Å²) in [6.45, 7) is 4.23. The van der Waals surface area contributed by atoms with Gasteiger partial charge in [-0.05, 0) is 26.1 Å². The van der Waals surface area contributed by atoms with E-state index in [0.29, 0.717) is 13.1 Å². The number of rotatable bonds is 8. The van der Waals surface area contributed by atoms with Crippen LogP contribution in [0.25, 0.3) is 0 Å². The van der Waals surface area contributed by atoms with Crippen LogP contribution in [-0.2, 0) is 11.3 Å². The van der Waals surface area contributed by atoms with Crippen molar-refractivity contribution in [3.63, 3.8) is 0 Å². The summed E-state index contributed by atoms with van der Waals surface area (Å²) in [5.74, 6) is 0.0533. The molecule has 0 aliphatic rings. The number of nitrogens with zero attached hydrogens (tertiary/aromatic N) is 2. The number of nitrogens with two attached hydrogens (primary N) is 1. The zero-order valence-corrected chi connectivity index (χ0v) is 12.9. The van der Waals surface area contributed by atoms with Gasteiger partial charge in [-0.25, -0.2) is 0 Å². The molecule has 2 N–H and O–H groups in total. The molecule has 0 saturated heterocycles. The first-order valence-electron chi connectivity index (χ1n) is 7.27. The van der Waals surface area contributed by atoms with E-state index >= 15 is 0 Å². The van der Waals surface area contributed by atoms with Crippen LogP contribution >= 0.6 is 0 Å². The highest BCUT2D eigenvalue weighted by Crippen LogP contribution is 2.08. The Labute approximate surface area is 122 Å². The molecule has 4 heteroatoms. The van der Waals surface area contributed by atoms with E-state index in [0.717, 1.165) is 24.9 Å². The van der Waals surface area contributed by atoms with Gasteiger partial charge in [0, 0.05) is 19.6 Å². The van der Waals surface area contributed by atoms with E-state index in [4.69, 9.17) is 5.73 Å². The SMILES string of the molecule is CCC[C@H](N)C(=O)N(CCN(C)C)Cc1ccccc1. The topological polar surface area (TPSA) is 49.6 Å². The first kappa shape index (κ1) is 16.7. The number of hydrogen-bond acceptors (Lipinski definition) is 3. The third-order valence-electron chi connectivity index (χ3n) is 3.26. The molecule has 4 nitrogen and oxygen atoms in total. The monoisotopic (exact) mass is 277 g/mol. The summed E-state index contributed by atoms with van der Waals surface area (Å²) in [7, 11) is 4.02. The molecule has 1 aromatic rings. The van der Waals surface area contributed by atoms with Gasteiger partial charge >= 0.3 is 0 Å². The average molecular weight is 277 g/mol. The molecule has 0 spiro atoms. The maximum Gasteiger partial charge on any atom is 0.239 e. The lowest BCUT2D eigenvalue weighted by molar-refractivity contribution is -0.133. The zero-order valence-electron chi connectivity index (χ0n) is 12.9. The Morgan fingerprint density at radius 2 is 1.85 bits per heavy atom. The molecule has 20 heavy (non-hydrogen) atoms. The Balaban J connectivity index is 2.71. The van der Waals surface area contributed by atoms with Crippen molar-refractivity contribution in [2.24, 2.45) is 5.73 Å². The van der Waals surface area contributed by atoms with Crippen molar-refractivity contribution in [1.82, 2.24) is 9.80 Å². The summed E-state index contributed by atoms with van der Waals surface area (Å²) in [6, 6.07) is 9.68. The highest BCUT2D eigenvalue weighted by molar-refractivity contribution is 5.81. The molecule has 0 radical (unpaired) electrons. The van der Waals surface area contributed by atoms with Crippen molar-refractivity contribution in [3.05, 3.63) is 35.9 Å². The molecule has 0 unspecified atom stereocenters. The van der Waals surface area contributed by atoms with Gasteiger partial charge < -0.3 is 15.5 Å². The van der Waals surface area contributed by atoms with Gasteiger partial charge in [0.1, 0.15) is 0 Å². The third-order valence-corrected chi connectivity index (χ3v) is 3.26. The average Bonchev–Trinajstić information content (AvgIpc) is 2.44. The van der Waals surface area contributed by atoms with Gasteiger partial charge in [-0.15, -0.1) is 0 Å². The van der Waals surface area contributed by atoms with E-state index in [9.17, 15) is 4.79 Å². The number of carbonyl (C=O) groups is 1. The molecule has 0 heterocycles. The Bertz CT molecular complexity index is 392. The van der Waals surface area contributed by atoms with E-state index in [2.05, 4.69) is 11.8 Å². The van der Waals surface area contributed by atoms with Gasteiger partial charge in [-0.1, -0.05) is 43.7 Å². The van der Waals surface area contributed by atoms with Crippen LogP contribution in [0.5, 0.6) is 0 Å². The van der Waals surface area contributed by atoms with E-state index in [-0.39, 0.29) is 11.9 Å². The first-order valence-corrected chi connectivity index (χ1v) is 7.27. The van der Waals surface area contributed by atoms with Gasteiger partial charge in [0.25, 0.3) is 0 Å². The minimum Gasteiger partial charge on any atom is -0.336 e. The molecule has 0 aliphatic carbocycles. The molecule has 112 valence electrons. The molecule has 0 fully saturated rings. The third kappa shape index (κ3) is 5.72. The Morgan fingerprint density at radius 3 is 2.40 bits per heavy atom. The van der Waals surface area contributed by atoms with Crippen molar-refractivity contribution in [3.8, 4) is 0 Å². The lowest BCUT2D eigenvalue weighted by atomic mass is 10.1. The molecule has 0 bridgehead atoms.